The maximum absolute atomic E-state index is 13.4. The molecule has 196 valence electrons. The quantitative estimate of drug-likeness (QED) is 0.160. The van der Waals surface area contributed by atoms with E-state index in [2.05, 4.69) is 4.74 Å². The highest BCUT2D eigenvalue weighted by atomic mass is 35.5. The molecule has 0 amide bonds. The summed E-state index contributed by atoms with van der Waals surface area (Å²) in [6.45, 7) is 7.91. The Bertz CT molecular complexity index is 1070. The Labute approximate surface area is 222 Å². The van der Waals surface area contributed by atoms with Crippen LogP contribution in [0.5, 0.6) is 5.75 Å². The molecule has 0 unspecified atom stereocenters. The predicted octanol–water partition coefficient (Wildman–Crippen LogP) is 5.03. The summed E-state index contributed by atoms with van der Waals surface area (Å²) in [5.41, 5.74) is 1.11. The van der Waals surface area contributed by atoms with E-state index in [4.69, 9.17) is 27.9 Å². The van der Waals surface area contributed by atoms with Gasteiger partial charge in [-0.05, 0) is 44.5 Å². The molecule has 0 atom stereocenters. The first-order valence-corrected chi connectivity index (χ1v) is 12.8. The third-order valence-corrected chi connectivity index (χ3v) is 6.56. The van der Waals surface area contributed by atoms with Gasteiger partial charge in [-0.15, -0.1) is 23.2 Å². The van der Waals surface area contributed by atoms with E-state index in [0.717, 1.165) is 5.69 Å². The van der Waals surface area contributed by atoms with Gasteiger partial charge in [0.25, 0.3) is 0 Å². The van der Waals surface area contributed by atoms with Crippen LogP contribution in [0, 0.1) is 5.41 Å². The van der Waals surface area contributed by atoms with Crippen LogP contribution >= 0.6 is 23.2 Å². The fourth-order valence-corrected chi connectivity index (χ4v) is 4.79. The lowest BCUT2D eigenvalue weighted by Crippen LogP contribution is -2.33. The molecule has 0 spiro atoms. The molecule has 36 heavy (non-hydrogen) atoms. The van der Waals surface area contributed by atoms with Gasteiger partial charge >= 0.3 is 11.9 Å². The molecule has 1 aromatic carbocycles. The highest BCUT2D eigenvalue weighted by Gasteiger charge is 2.40. The van der Waals surface area contributed by atoms with Crippen LogP contribution in [0.15, 0.2) is 46.6 Å². The van der Waals surface area contributed by atoms with Crippen LogP contribution in [0.2, 0.25) is 0 Å². The summed E-state index contributed by atoms with van der Waals surface area (Å²) in [4.78, 5) is 52.7. The molecular weight excluding hydrogens is 505 g/mol. The van der Waals surface area contributed by atoms with Crippen molar-refractivity contribution in [3.63, 3.8) is 0 Å². The van der Waals surface area contributed by atoms with Crippen molar-refractivity contribution in [3.05, 3.63) is 46.6 Å². The molecule has 0 heterocycles. The lowest BCUT2D eigenvalue weighted by molar-refractivity contribution is -0.140. The summed E-state index contributed by atoms with van der Waals surface area (Å²) in [6.07, 6.45) is -0.0359. The second-order valence-corrected chi connectivity index (χ2v) is 9.99. The van der Waals surface area contributed by atoms with Crippen molar-refractivity contribution in [1.29, 1.82) is 0 Å². The second-order valence-electron chi connectivity index (χ2n) is 9.23. The van der Waals surface area contributed by atoms with Gasteiger partial charge in [-0.3, -0.25) is 19.2 Å². The molecule has 0 aliphatic heterocycles. The van der Waals surface area contributed by atoms with Gasteiger partial charge in [0.15, 0.2) is 11.6 Å². The molecule has 9 heteroatoms. The van der Waals surface area contributed by atoms with Gasteiger partial charge in [0.05, 0.1) is 13.5 Å². The van der Waals surface area contributed by atoms with E-state index in [1.807, 2.05) is 17.0 Å². The number of anilines is 1. The van der Waals surface area contributed by atoms with Gasteiger partial charge in [0.1, 0.15) is 5.75 Å². The number of hydrogen-bond acceptors (Lipinski definition) is 7. The van der Waals surface area contributed by atoms with Gasteiger partial charge < -0.3 is 14.4 Å². The van der Waals surface area contributed by atoms with Crippen molar-refractivity contribution in [2.75, 3.05) is 36.9 Å². The fourth-order valence-electron chi connectivity index (χ4n) is 4.38. The number of nitrogens with zero attached hydrogens (tertiary/aromatic N) is 1. The molecule has 0 saturated heterocycles. The third-order valence-electron chi connectivity index (χ3n) is 6.22. The van der Waals surface area contributed by atoms with E-state index in [9.17, 15) is 19.2 Å². The number of carbonyl (C=O) groups excluding carboxylic acids is 4. The van der Waals surface area contributed by atoms with E-state index in [-0.39, 0.29) is 42.0 Å². The summed E-state index contributed by atoms with van der Waals surface area (Å²) >= 11 is 11.7. The molecule has 7 nitrogen and oxygen atoms in total. The average molecular weight is 538 g/mol. The first-order valence-electron chi connectivity index (χ1n) is 11.7. The number of rotatable bonds is 12. The van der Waals surface area contributed by atoms with Crippen LogP contribution in [0.3, 0.4) is 0 Å². The van der Waals surface area contributed by atoms with Gasteiger partial charge in [0, 0.05) is 64.7 Å². The smallest absolute Gasteiger partial charge is 0.312 e. The van der Waals surface area contributed by atoms with E-state index in [1.165, 1.54) is 7.11 Å². The van der Waals surface area contributed by atoms with Crippen LogP contribution in [0.25, 0.3) is 0 Å². The largest absolute Gasteiger partial charge is 0.469 e. The fraction of sp³-hybridized carbons (Fsp3) is 0.481. The topological polar surface area (TPSA) is 90.0 Å². The second kappa shape index (κ2) is 13.1. The van der Waals surface area contributed by atoms with Crippen LogP contribution in [0.1, 0.15) is 47.0 Å². The summed E-state index contributed by atoms with van der Waals surface area (Å²) in [6, 6.07) is 7.02. The Morgan fingerprint density at radius 2 is 1.50 bits per heavy atom. The molecule has 0 fully saturated rings. The number of hydrogen-bond donors (Lipinski definition) is 0. The van der Waals surface area contributed by atoms with Crippen molar-refractivity contribution < 1.29 is 28.7 Å². The molecule has 1 aliphatic rings. The monoisotopic (exact) mass is 537 g/mol. The molecule has 0 radical (unpaired) electrons. The van der Waals surface area contributed by atoms with Crippen LogP contribution in [-0.4, -0.2) is 55.5 Å². The molecule has 0 N–H and O–H groups in total. The highest BCUT2D eigenvalue weighted by Crippen LogP contribution is 2.40. The maximum atomic E-state index is 13.4. The van der Waals surface area contributed by atoms with Crippen molar-refractivity contribution in [1.82, 2.24) is 0 Å². The van der Waals surface area contributed by atoms with E-state index < -0.39 is 17.4 Å². The Morgan fingerprint density at radius 3 is 2.03 bits per heavy atom. The van der Waals surface area contributed by atoms with Crippen molar-refractivity contribution in [2.45, 2.75) is 47.0 Å². The van der Waals surface area contributed by atoms with E-state index in [0.29, 0.717) is 41.7 Å². The first kappa shape index (κ1) is 29.6. The third kappa shape index (κ3) is 7.20. The zero-order chi connectivity index (χ0) is 27.0. The SMILES string of the molecule is COC(=O)CCC1=C(C)C(=O)C(C)=C(C(C)(C)CC(=O)Oc2ccc(N(CCCl)CCCl)cc2)C1=O. The zero-order valence-corrected chi connectivity index (χ0v) is 22.9. The minimum atomic E-state index is -0.970. The Hall–Kier alpha value is -2.64. The molecule has 0 aromatic heterocycles. The van der Waals surface area contributed by atoms with Crippen LogP contribution in [0.4, 0.5) is 5.69 Å². The van der Waals surface area contributed by atoms with Gasteiger partial charge in [-0.25, -0.2) is 0 Å². The standard InChI is InChI=1S/C27H33Cl2NO6/c1-17-21(10-11-22(31)35-5)26(34)24(18(2)25(17)33)27(3,4)16-23(32)36-20-8-6-19(7-9-20)30(14-12-28)15-13-29/h6-9H,10-16H2,1-5H3. The Morgan fingerprint density at radius 1 is 0.917 bits per heavy atom. The summed E-state index contributed by atoms with van der Waals surface area (Å²) in [5, 5.41) is 0. The Balaban J connectivity index is 2.17. The summed E-state index contributed by atoms with van der Waals surface area (Å²) in [5.74, 6) is -0.312. The minimum Gasteiger partial charge on any atom is -0.469 e. The number of methoxy groups -OCH3 is 1. The van der Waals surface area contributed by atoms with Gasteiger partial charge in [0.2, 0.25) is 0 Å². The lowest BCUT2D eigenvalue weighted by Gasteiger charge is -2.31. The first-order chi connectivity index (χ1) is 17.0. The van der Waals surface area contributed by atoms with Crippen molar-refractivity contribution in [2.24, 2.45) is 5.41 Å². The number of alkyl halides is 2. The number of ether oxygens (including phenoxy) is 2. The molecular formula is C27H33Cl2NO6. The molecule has 0 saturated carbocycles. The normalized spacial score (nSPS) is 14.3. The lowest BCUT2D eigenvalue weighted by atomic mass is 9.70. The van der Waals surface area contributed by atoms with Crippen LogP contribution in [-0.2, 0) is 23.9 Å². The molecule has 2 rings (SSSR count). The van der Waals surface area contributed by atoms with Crippen LogP contribution < -0.4 is 9.64 Å². The highest BCUT2D eigenvalue weighted by molar-refractivity contribution is 6.25. The number of benzene rings is 1. The number of esters is 2. The summed E-state index contributed by atoms with van der Waals surface area (Å²) in [7, 11) is 1.27. The van der Waals surface area contributed by atoms with E-state index >= 15 is 0 Å². The van der Waals surface area contributed by atoms with Crippen molar-refractivity contribution in [3.8, 4) is 5.75 Å². The van der Waals surface area contributed by atoms with Gasteiger partial charge in [-0.2, -0.15) is 0 Å². The van der Waals surface area contributed by atoms with E-state index in [1.54, 1.807) is 39.8 Å². The molecule has 0 bridgehead atoms. The number of halogens is 2. The number of carbonyl (C=O) groups is 4. The zero-order valence-electron chi connectivity index (χ0n) is 21.4. The summed E-state index contributed by atoms with van der Waals surface area (Å²) < 4.78 is 10.2. The Kier molecular flexibility index (Phi) is 10.7. The number of ketones is 2. The molecule has 1 aliphatic carbocycles. The maximum Gasteiger partial charge on any atom is 0.312 e. The number of Topliss-reactive ketones (excluding diaryl/α,β-unsaturated/α-hetero) is 2. The predicted molar refractivity (Wildman–Crippen MR) is 141 cm³/mol. The molecule has 1 aromatic rings. The average Bonchev–Trinajstić information content (AvgIpc) is 2.82. The number of allylic oxidation sites excluding steroid dienone is 4. The van der Waals surface area contributed by atoms with Gasteiger partial charge in [-0.1, -0.05) is 13.8 Å². The van der Waals surface area contributed by atoms with Crippen molar-refractivity contribution >= 4 is 52.4 Å². The minimum absolute atomic E-state index is 0.0137.